The van der Waals surface area contributed by atoms with Crippen molar-refractivity contribution in [2.45, 2.75) is 63.5 Å². The van der Waals surface area contributed by atoms with Gasteiger partial charge in [-0.3, -0.25) is 14.7 Å². The molecule has 1 aromatic heterocycles. The molecule has 1 amide bonds. The first-order chi connectivity index (χ1) is 21.1. The molecule has 1 saturated heterocycles. The van der Waals surface area contributed by atoms with Crippen LogP contribution in [0.15, 0.2) is 97.2 Å². The molecular formula is C37H45N3O3. The smallest absolute Gasteiger partial charge is 0.224 e. The maximum absolute atomic E-state index is 13.5. The number of aliphatic hydroxyl groups is 1. The van der Waals surface area contributed by atoms with Crippen LogP contribution in [0.25, 0.3) is 10.9 Å². The molecule has 2 N–H and O–H groups in total. The molecule has 0 radical (unpaired) electrons. The molecule has 0 spiro atoms. The molecule has 2 heterocycles. The summed E-state index contributed by atoms with van der Waals surface area (Å²) < 4.78 is 5.99. The molecule has 0 saturated carbocycles. The predicted octanol–water partition coefficient (Wildman–Crippen LogP) is 6.22. The summed E-state index contributed by atoms with van der Waals surface area (Å²) >= 11 is 0. The van der Waals surface area contributed by atoms with Crippen LogP contribution in [-0.4, -0.2) is 59.3 Å². The van der Waals surface area contributed by atoms with Crippen LogP contribution in [0.4, 0.5) is 0 Å². The van der Waals surface area contributed by atoms with Gasteiger partial charge in [0.25, 0.3) is 0 Å². The molecule has 1 aliphatic rings. The van der Waals surface area contributed by atoms with E-state index in [1.165, 1.54) is 11.1 Å². The molecule has 3 aromatic carbocycles. The van der Waals surface area contributed by atoms with E-state index in [1.54, 1.807) is 6.20 Å². The van der Waals surface area contributed by atoms with E-state index in [-0.39, 0.29) is 24.5 Å². The first-order valence-electron chi connectivity index (χ1n) is 15.9. The Morgan fingerprint density at radius 2 is 1.60 bits per heavy atom. The number of nitrogens with zero attached hydrogens (tertiary/aromatic N) is 2. The number of rotatable bonds is 15. The highest BCUT2D eigenvalue weighted by Crippen LogP contribution is 2.24. The highest BCUT2D eigenvalue weighted by Gasteiger charge is 2.28. The molecule has 1 fully saturated rings. The predicted molar refractivity (Wildman–Crippen MR) is 173 cm³/mol. The maximum Gasteiger partial charge on any atom is 0.224 e. The zero-order valence-corrected chi connectivity index (χ0v) is 25.1. The summed E-state index contributed by atoms with van der Waals surface area (Å²) in [6.07, 6.45) is 9.07. The average molecular weight is 580 g/mol. The number of piperidine rings is 1. The molecule has 6 heteroatoms. The zero-order valence-electron chi connectivity index (χ0n) is 25.1. The number of hydrogen-bond donors (Lipinski definition) is 2. The van der Waals surface area contributed by atoms with Crippen molar-refractivity contribution in [2.24, 2.45) is 5.92 Å². The van der Waals surface area contributed by atoms with Crippen LogP contribution in [-0.2, 0) is 17.6 Å². The number of pyridine rings is 1. The molecule has 43 heavy (non-hydrogen) atoms. The van der Waals surface area contributed by atoms with Gasteiger partial charge in [0.05, 0.1) is 11.4 Å². The number of benzene rings is 3. The summed E-state index contributed by atoms with van der Waals surface area (Å²) in [5.74, 6) is 0.825. The Hall–Kier alpha value is -3.74. The molecule has 0 bridgehead atoms. The van der Waals surface area contributed by atoms with Crippen molar-refractivity contribution in [1.82, 2.24) is 15.2 Å². The third-order valence-electron chi connectivity index (χ3n) is 8.45. The SMILES string of the molecule is O=C(NC(CCCc1ccccc1)CCCc1ccccc1)C1CCCN(CC(O)COc2cccc3ncccc23)C1. The molecule has 1 aliphatic heterocycles. The number of hydrogen-bond acceptors (Lipinski definition) is 5. The Balaban J connectivity index is 1.10. The van der Waals surface area contributed by atoms with E-state index < -0.39 is 6.10 Å². The van der Waals surface area contributed by atoms with E-state index in [2.05, 4.69) is 75.9 Å². The van der Waals surface area contributed by atoms with Crippen molar-refractivity contribution < 1.29 is 14.6 Å². The number of nitrogens with one attached hydrogen (secondary N) is 1. The molecule has 2 atom stereocenters. The third kappa shape index (κ3) is 9.63. The van der Waals surface area contributed by atoms with E-state index in [9.17, 15) is 9.90 Å². The fourth-order valence-electron chi connectivity index (χ4n) is 6.18. The Morgan fingerprint density at radius 1 is 0.907 bits per heavy atom. The number of aliphatic hydroxyl groups excluding tert-OH is 1. The van der Waals surface area contributed by atoms with Crippen LogP contribution in [0, 0.1) is 5.92 Å². The van der Waals surface area contributed by atoms with Crippen LogP contribution in [0.2, 0.25) is 0 Å². The molecule has 5 rings (SSSR count). The lowest BCUT2D eigenvalue weighted by molar-refractivity contribution is -0.127. The lowest BCUT2D eigenvalue weighted by Gasteiger charge is -2.34. The van der Waals surface area contributed by atoms with Crippen LogP contribution in [0.5, 0.6) is 5.75 Å². The second kappa shape index (κ2) is 16.2. The Bertz CT molecular complexity index is 1350. The maximum atomic E-state index is 13.5. The van der Waals surface area contributed by atoms with E-state index in [0.717, 1.165) is 74.6 Å². The molecule has 226 valence electrons. The van der Waals surface area contributed by atoms with Gasteiger partial charge in [-0.05, 0) is 93.3 Å². The number of aryl methyl sites for hydroxylation is 2. The Morgan fingerprint density at radius 3 is 2.30 bits per heavy atom. The van der Waals surface area contributed by atoms with Crippen molar-refractivity contribution in [3.05, 3.63) is 108 Å². The summed E-state index contributed by atoms with van der Waals surface area (Å²) in [5.41, 5.74) is 3.57. The largest absolute Gasteiger partial charge is 0.490 e. The fourth-order valence-corrected chi connectivity index (χ4v) is 6.18. The number of fused-ring (bicyclic) bond motifs is 1. The topological polar surface area (TPSA) is 74.7 Å². The number of carbonyl (C=O) groups excluding carboxylic acids is 1. The molecular weight excluding hydrogens is 534 g/mol. The van der Waals surface area contributed by atoms with Crippen LogP contribution in [0.1, 0.15) is 49.7 Å². The van der Waals surface area contributed by atoms with E-state index in [1.807, 2.05) is 30.3 Å². The van der Waals surface area contributed by atoms with Crippen LogP contribution < -0.4 is 10.1 Å². The van der Waals surface area contributed by atoms with Gasteiger partial charge in [-0.1, -0.05) is 66.7 Å². The minimum Gasteiger partial charge on any atom is -0.490 e. The van der Waals surface area contributed by atoms with Gasteiger partial charge in [-0.15, -0.1) is 0 Å². The van der Waals surface area contributed by atoms with Crippen molar-refractivity contribution in [1.29, 1.82) is 0 Å². The number of carbonyl (C=O) groups is 1. The van der Waals surface area contributed by atoms with Gasteiger partial charge in [0.1, 0.15) is 18.5 Å². The minimum atomic E-state index is -0.641. The van der Waals surface area contributed by atoms with Gasteiger partial charge >= 0.3 is 0 Å². The van der Waals surface area contributed by atoms with Crippen molar-refractivity contribution in [3.63, 3.8) is 0 Å². The number of aromatic nitrogens is 1. The normalized spacial score (nSPS) is 16.3. The first kappa shape index (κ1) is 30.7. The molecule has 6 nitrogen and oxygen atoms in total. The van der Waals surface area contributed by atoms with Crippen LogP contribution in [0.3, 0.4) is 0 Å². The van der Waals surface area contributed by atoms with Gasteiger partial charge in [0, 0.05) is 30.7 Å². The fraction of sp³-hybridized carbons (Fsp3) is 0.405. The summed E-state index contributed by atoms with van der Waals surface area (Å²) in [6, 6.07) is 31.0. The van der Waals surface area contributed by atoms with Gasteiger partial charge < -0.3 is 15.2 Å². The standard InChI is InChI=1S/C37H45N3O3/c41-33(28-43-36-23-9-22-35-34(36)21-10-24-38-35)27-40-25-11-18-31(26-40)37(42)39-32(19-7-16-29-12-3-1-4-13-29)20-8-17-30-14-5-2-6-15-30/h1-6,9-10,12-15,21-24,31-33,41H,7-8,11,16-20,25-28H2,(H,39,42). The third-order valence-corrected chi connectivity index (χ3v) is 8.45. The monoisotopic (exact) mass is 579 g/mol. The Kier molecular flexibility index (Phi) is 11.6. The quantitative estimate of drug-likeness (QED) is 0.175. The van der Waals surface area contributed by atoms with E-state index in [4.69, 9.17) is 4.74 Å². The van der Waals surface area contributed by atoms with Crippen LogP contribution >= 0.6 is 0 Å². The van der Waals surface area contributed by atoms with E-state index in [0.29, 0.717) is 13.1 Å². The van der Waals surface area contributed by atoms with Crippen molar-refractivity contribution >= 4 is 16.8 Å². The van der Waals surface area contributed by atoms with Gasteiger partial charge in [-0.2, -0.15) is 0 Å². The van der Waals surface area contributed by atoms with Crippen molar-refractivity contribution in [3.8, 4) is 5.75 Å². The first-order valence-corrected chi connectivity index (χ1v) is 15.9. The van der Waals surface area contributed by atoms with Gasteiger partial charge in [0.2, 0.25) is 5.91 Å². The second-order valence-electron chi connectivity index (χ2n) is 11.9. The van der Waals surface area contributed by atoms with Crippen molar-refractivity contribution in [2.75, 3.05) is 26.2 Å². The summed E-state index contributed by atoms with van der Waals surface area (Å²) in [5, 5.41) is 15.2. The highest BCUT2D eigenvalue weighted by atomic mass is 16.5. The van der Waals surface area contributed by atoms with Gasteiger partial charge in [-0.25, -0.2) is 0 Å². The van der Waals surface area contributed by atoms with Gasteiger partial charge in [0.15, 0.2) is 0 Å². The average Bonchev–Trinajstić information content (AvgIpc) is 3.05. The Labute approximate surface area is 256 Å². The molecule has 0 aliphatic carbocycles. The summed E-state index contributed by atoms with van der Waals surface area (Å²) in [4.78, 5) is 20.1. The summed E-state index contributed by atoms with van der Waals surface area (Å²) in [6.45, 7) is 2.25. The summed E-state index contributed by atoms with van der Waals surface area (Å²) in [7, 11) is 0. The highest BCUT2D eigenvalue weighted by molar-refractivity contribution is 5.84. The lowest BCUT2D eigenvalue weighted by Crippen LogP contribution is -2.48. The lowest BCUT2D eigenvalue weighted by atomic mass is 9.94. The number of ether oxygens (including phenoxy) is 1. The zero-order chi connectivity index (χ0) is 29.7. The number of likely N-dealkylation sites (tertiary alicyclic amines) is 1. The molecule has 2 unspecified atom stereocenters. The minimum absolute atomic E-state index is 0.0586. The van der Waals surface area contributed by atoms with E-state index >= 15 is 0 Å². The second-order valence-corrected chi connectivity index (χ2v) is 11.9. The molecule has 4 aromatic rings. The number of amides is 1. The number of β-amino-alcohol motifs (C(OH)–C–C–N with tert-alkyl or cyclic N) is 1.